The third-order valence-electron chi connectivity index (χ3n) is 2.24. The molecule has 0 fully saturated rings. The Balaban J connectivity index is 2.41. The monoisotopic (exact) mass is 165 g/mol. The van der Waals surface area contributed by atoms with Crippen LogP contribution in [0.25, 0.3) is 0 Å². The first-order valence-corrected chi connectivity index (χ1v) is 3.88. The van der Waals surface area contributed by atoms with Crippen LogP contribution in [0.4, 0.5) is 4.39 Å². The number of nitrogens with zero attached hydrogens (tertiary/aromatic N) is 1. The molecule has 0 radical (unpaired) electrons. The molecule has 0 saturated heterocycles. The van der Waals surface area contributed by atoms with Gasteiger partial charge in [-0.2, -0.15) is 0 Å². The van der Waals surface area contributed by atoms with E-state index in [0.29, 0.717) is 18.4 Å². The largest absolute Gasteiger partial charge is 0.303 e. The number of carbonyl (C=O) groups excluding carboxylic acids is 1. The van der Waals surface area contributed by atoms with Gasteiger partial charge in [0.2, 0.25) is 0 Å². The lowest BCUT2D eigenvalue weighted by molar-refractivity contribution is -0.110. The van der Waals surface area contributed by atoms with E-state index in [-0.39, 0.29) is 11.7 Å². The summed E-state index contributed by atoms with van der Waals surface area (Å²) in [4.78, 5) is 14.2. The van der Waals surface area contributed by atoms with E-state index in [9.17, 15) is 9.18 Å². The number of hydrogen-bond acceptors (Lipinski definition) is 2. The van der Waals surface area contributed by atoms with Gasteiger partial charge in [-0.25, -0.2) is 4.39 Å². The fraction of sp³-hybridized carbons (Fsp3) is 0.333. The number of fused-ring (bicyclic) bond motifs is 1. The quantitative estimate of drug-likeness (QED) is 0.584. The molecule has 3 heteroatoms. The first-order valence-electron chi connectivity index (χ1n) is 3.88. The fourth-order valence-corrected chi connectivity index (χ4v) is 1.62. The normalized spacial score (nSPS) is 20.6. The molecule has 0 bridgehead atoms. The third kappa shape index (κ3) is 1.02. The van der Waals surface area contributed by atoms with E-state index < -0.39 is 0 Å². The molecule has 12 heavy (non-hydrogen) atoms. The Bertz CT molecular complexity index is 324. The molecule has 2 rings (SSSR count). The highest BCUT2D eigenvalue weighted by atomic mass is 19.1. The van der Waals surface area contributed by atoms with Crippen LogP contribution in [0.15, 0.2) is 12.4 Å². The molecule has 62 valence electrons. The highest BCUT2D eigenvalue weighted by Crippen LogP contribution is 2.26. The number of rotatable bonds is 1. The van der Waals surface area contributed by atoms with E-state index in [1.807, 2.05) is 0 Å². The third-order valence-corrected chi connectivity index (χ3v) is 2.24. The van der Waals surface area contributed by atoms with Crippen molar-refractivity contribution in [3.8, 4) is 0 Å². The van der Waals surface area contributed by atoms with Crippen LogP contribution in [0.5, 0.6) is 0 Å². The molecular formula is C9H8FNO. The van der Waals surface area contributed by atoms with Gasteiger partial charge in [0.15, 0.2) is 0 Å². The molecule has 0 spiro atoms. The zero-order valence-corrected chi connectivity index (χ0v) is 6.46. The maximum atomic E-state index is 13.0. The van der Waals surface area contributed by atoms with Gasteiger partial charge in [0.25, 0.3) is 0 Å². The van der Waals surface area contributed by atoms with Gasteiger partial charge in [-0.05, 0) is 24.0 Å². The topological polar surface area (TPSA) is 30.0 Å². The first-order chi connectivity index (χ1) is 5.81. The van der Waals surface area contributed by atoms with E-state index in [1.165, 1.54) is 6.20 Å². The Kier molecular flexibility index (Phi) is 1.64. The lowest BCUT2D eigenvalue weighted by Gasteiger charge is -1.96. The molecule has 0 N–H and O–H groups in total. The van der Waals surface area contributed by atoms with Crippen LogP contribution < -0.4 is 0 Å². The second kappa shape index (κ2) is 2.66. The molecule has 0 saturated carbocycles. The highest BCUT2D eigenvalue weighted by molar-refractivity contribution is 5.57. The molecule has 0 aliphatic heterocycles. The lowest BCUT2D eigenvalue weighted by Crippen LogP contribution is -1.99. The van der Waals surface area contributed by atoms with Crippen LogP contribution in [-0.4, -0.2) is 11.3 Å². The van der Waals surface area contributed by atoms with Crippen molar-refractivity contribution in [3.63, 3.8) is 0 Å². The van der Waals surface area contributed by atoms with Gasteiger partial charge in [-0.3, -0.25) is 4.98 Å². The van der Waals surface area contributed by atoms with Crippen LogP contribution >= 0.6 is 0 Å². The van der Waals surface area contributed by atoms with Gasteiger partial charge in [-0.15, -0.1) is 0 Å². The average molecular weight is 165 g/mol. The van der Waals surface area contributed by atoms with Crippen molar-refractivity contribution < 1.29 is 9.18 Å². The Labute approximate surface area is 69.4 Å². The maximum absolute atomic E-state index is 13.0. The molecule has 1 aromatic rings. The van der Waals surface area contributed by atoms with Crippen molar-refractivity contribution in [2.45, 2.75) is 12.8 Å². The fourth-order valence-electron chi connectivity index (χ4n) is 1.62. The van der Waals surface area contributed by atoms with Gasteiger partial charge in [0, 0.05) is 12.1 Å². The molecule has 1 unspecified atom stereocenters. The molecule has 1 atom stereocenters. The standard InChI is InChI=1S/C9H8FNO/c10-9-4-11-3-7-1-6(5-12)2-8(7)9/h3-6H,1-2H2. The molecule has 1 heterocycles. The zero-order chi connectivity index (χ0) is 8.55. The van der Waals surface area contributed by atoms with Crippen LogP contribution in [0.2, 0.25) is 0 Å². The summed E-state index contributed by atoms with van der Waals surface area (Å²) in [7, 11) is 0. The van der Waals surface area contributed by atoms with Gasteiger partial charge < -0.3 is 4.79 Å². The molecule has 0 aromatic carbocycles. The number of carbonyl (C=O) groups is 1. The Morgan fingerprint density at radius 2 is 2.33 bits per heavy atom. The molecule has 1 aliphatic carbocycles. The van der Waals surface area contributed by atoms with E-state index in [2.05, 4.69) is 4.98 Å². The number of halogens is 1. The predicted molar refractivity (Wildman–Crippen MR) is 41.2 cm³/mol. The smallest absolute Gasteiger partial charge is 0.144 e. The van der Waals surface area contributed by atoms with Crippen LogP contribution in [0.1, 0.15) is 11.1 Å². The summed E-state index contributed by atoms with van der Waals surface area (Å²) < 4.78 is 13.0. The SMILES string of the molecule is O=CC1Cc2cncc(F)c2C1. The van der Waals surface area contributed by atoms with Crippen molar-refractivity contribution in [2.24, 2.45) is 5.92 Å². The van der Waals surface area contributed by atoms with Gasteiger partial charge in [0.05, 0.1) is 6.20 Å². The number of aldehydes is 1. The molecule has 1 aromatic heterocycles. The first kappa shape index (κ1) is 7.40. The Hall–Kier alpha value is -1.25. The predicted octanol–water partition coefficient (Wildman–Crippen LogP) is 1.13. The van der Waals surface area contributed by atoms with E-state index in [0.717, 1.165) is 11.8 Å². The molecule has 0 amide bonds. The Morgan fingerprint density at radius 1 is 1.50 bits per heavy atom. The van der Waals surface area contributed by atoms with Gasteiger partial charge in [-0.1, -0.05) is 0 Å². The second-order valence-electron chi connectivity index (χ2n) is 3.06. The van der Waals surface area contributed by atoms with E-state index in [1.54, 1.807) is 6.20 Å². The minimum absolute atomic E-state index is 0.0429. The minimum Gasteiger partial charge on any atom is -0.303 e. The minimum atomic E-state index is -0.281. The van der Waals surface area contributed by atoms with E-state index in [4.69, 9.17) is 0 Å². The van der Waals surface area contributed by atoms with Crippen LogP contribution in [0, 0.1) is 11.7 Å². The molecule has 2 nitrogen and oxygen atoms in total. The van der Waals surface area contributed by atoms with Crippen molar-refractivity contribution in [1.82, 2.24) is 4.98 Å². The summed E-state index contributed by atoms with van der Waals surface area (Å²) in [5.41, 5.74) is 1.55. The van der Waals surface area contributed by atoms with Crippen molar-refractivity contribution in [1.29, 1.82) is 0 Å². The summed E-state index contributed by atoms with van der Waals surface area (Å²) in [6, 6.07) is 0. The Morgan fingerprint density at radius 3 is 3.00 bits per heavy atom. The number of hydrogen-bond donors (Lipinski definition) is 0. The average Bonchev–Trinajstić information content (AvgIpc) is 2.49. The van der Waals surface area contributed by atoms with Gasteiger partial charge in [0.1, 0.15) is 12.1 Å². The van der Waals surface area contributed by atoms with Gasteiger partial charge >= 0.3 is 0 Å². The highest BCUT2D eigenvalue weighted by Gasteiger charge is 2.23. The molecule has 1 aliphatic rings. The van der Waals surface area contributed by atoms with Crippen LogP contribution in [-0.2, 0) is 17.6 Å². The van der Waals surface area contributed by atoms with Crippen molar-refractivity contribution >= 4 is 6.29 Å². The summed E-state index contributed by atoms with van der Waals surface area (Å²) in [5.74, 6) is -0.324. The van der Waals surface area contributed by atoms with Crippen molar-refractivity contribution in [2.75, 3.05) is 0 Å². The maximum Gasteiger partial charge on any atom is 0.144 e. The lowest BCUT2D eigenvalue weighted by atomic mass is 10.1. The summed E-state index contributed by atoms with van der Waals surface area (Å²) in [6.07, 6.45) is 4.91. The zero-order valence-electron chi connectivity index (χ0n) is 6.46. The molecular weight excluding hydrogens is 157 g/mol. The van der Waals surface area contributed by atoms with Crippen LogP contribution in [0.3, 0.4) is 0 Å². The summed E-state index contributed by atoms with van der Waals surface area (Å²) in [6.45, 7) is 0. The summed E-state index contributed by atoms with van der Waals surface area (Å²) in [5, 5.41) is 0. The van der Waals surface area contributed by atoms with Crippen molar-refractivity contribution in [3.05, 3.63) is 29.3 Å². The summed E-state index contributed by atoms with van der Waals surface area (Å²) >= 11 is 0. The number of aromatic nitrogens is 1. The van der Waals surface area contributed by atoms with E-state index >= 15 is 0 Å². The second-order valence-corrected chi connectivity index (χ2v) is 3.06. The number of pyridine rings is 1.